The maximum absolute atomic E-state index is 6.97. The number of nitrogens with zero attached hydrogens (tertiary/aromatic N) is 3. The molecule has 0 fully saturated rings. The molecular weight excluding hydrogens is 971 g/mol. The topological polar surface area (TPSA) is 24.0 Å². The molecular formula is C76H65N3O. The Kier molecular flexibility index (Phi) is 11.2. The lowest BCUT2D eigenvalue weighted by atomic mass is 9.85. The fourth-order valence-corrected chi connectivity index (χ4v) is 12.2. The average Bonchev–Trinajstić information content (AvgIpc) is 4.31. The van der Waals surface area contributed by atoms with Crippen molar-refractivity contribution < 1.29 is 4.42 Å². The predicted octanol–water partition coefficient (Wildman–Crippen LogP) is 22.1. The van der Waals surface area contributed by atoms with Crippen molar-refractivity contribution in [2.75, 3.05) is 9.80 Å². The first-order chi connectivity index (χ1) is 38.5. The van der Waals surface area contributed by atoms with E-state index in [1.807, 2.05) is 0 Å². The lowest BCUT2D eigenvalue weighted by Gasteiger charge is -2.28. The summed E-state index contributed by atoms with van der Waals surface area (Å²) < 4.78 is 9.51. The van der Waals surface area contributed by atoms with Crippen LogP contribution in [0.15, 0.2) is 235 Å². The first-order valence-corrected chi connectivity index (χ1v) is 28.2. The van der Waals surface area contributed by atoms with Gasteiger partial charge in [0.05, 0.1) is 16.6 Å². The van der Waals surface area contributed by atoms with Gasteiger partial charge in [0.1, 0.15) is 11.2 Å². The molecule has 14 aromatic rings. The second-order valence-corrected chi connectivity index (χ2v) is 25.2. The maximum atomic E-state index is 6.97. The Bertz CT molecular complexity index is 4680. The normalized spacial score (nSPS) is 12.6. The number of hydrogen-bond acceptors (Lipinski definition) is 3. The maximum Gasteiger partial charge on any atom is 0.137 e. The number of furan rings is 1. The van der Waals surface area contributed by atoms with Gasteiger partial charge in [-0.1, -0.05) is 178 Å². The van der Waals surface area contributed by atoms with Crippen LogP contribution in [0, 0.1) is 0 Å². The summed E-state index contributed by atoms with van der Waals surface area (Å²) in [6.45, 7) is 20.7. The van der Waals surface area contributed by atoms with Gasteiger partial charge in [0, 0.05) is 72.5 Å². The molecule has 80 heavy (non-hydrogen) atoms. The molecule has 4 heteroatoms. The molecule has 0 aliphatic heterocycles. The fourth-order valence-electron chi connectivity index (χ4n) is 12.2. The average molecular weight is 1040 g/mol. The van der Waals surface area contributed by atoms with E-state index in [2.05, 4.69) is 307 Å². The van der Waals surface area contributed by atoms with E-state index in [-0.39, 0.29) is 16.2 Å². The smallest absolute Gasteiger partial charge is 0.137 e. The summed E-state index contributed by atoms with van der Waals surface area (Å²) in [5.41, 5.74) is 20.5. The summed E-state index contributed by atoms with van der Waals surface area (Å²) in [6.07, 6.45) is 0. The van der Waals surface area contributed by atoms with E-state index in [0.29, 0.717) is 0 Å². The molecule has 0 radical (unpaired) electrons. The Morgan fingerprint density at radius 3 is 1.25 bits per heavy atom. The van der Waals surface area contributed by atoms with Gasteiger partial charge in [-0.25, -0.2) is 0 Å². The number of rotatable bonds is 8. The molecule has 0 atom stereocenters. The highest BCUT2D eigenvalue weighted by Crippen LogP contribution is 2.47. The van der Waals surface area contributed by atoms with Crippen molar-refractivity contribution in [1.29, 1.82) is 0 Å². The number of fused-ring (bicyclic) bond motifs is 10. The molecule has 0 aliphatic carbocycles. The molecule has 3 heterocycles. The Morgan fingerprint density at radius 1 is 0.287 bits per heavy atom. The van der Waals surface area contributed by atoms with Crippen molar-refractivity contribution in [3.63, 3.8) is 0 Å². The second kappa shape index (κ2) is 18.2. The van der Waals surface area contributed by atoms with Crippen LogP contribution in [0.4, 0.5) is 34.1 Å². The van der Waals surface area contributed by atoms with Gasteiger partial charge in [-0.05, 0) is 175 Å². The molecule has 11 aromatic carbocycles. The minimum atomic E-state index is -0.0588. The molecule has 0 saturated heterocycles. The van der Waals surface area contributed by atoms with Crippen molar-refractivity contribution in [3.8, 4) is 22.3 Å². The van der Waals surface area contributed by atoms with Crippen molar-refractivity contribution in [3.05, 3.63) is 247 Å². The molecule has 0 bridgehead atoms. The van der Waals surface area contributed by atoms with Gasteiger partial charge in [-0.2, -0.15) is 0 Å². The Balaban J connectivity index is 0.936. The van der Waals surface area contributed by atoms with E-state index in [4.69, 9.17) is 4.42 Å². The van der Waals surface area contributed by atoms with Crippen molar-refractivity contribution >= 4 is 105 Å². The lowest BCUT2D eigenvalue weighted by Crippen LogP contribution is -2.14. The quantitative estimate of drug-likeness (QED) is 0.152. The Morgan fingerprint density at radius 2 is 0.713 bits per heavy atom. The molecule has 390 valence electrons. The van der Waals surface area contributed by atoms with E-state index < -0.39 is 0 Å². The molecule has 4 nitrogen and oxygen atoms in total. The van der Waals surface area contributed by atoms with Gasteiger partial charge in [-0.3, -0.25) is 0 Å². The highest BCUT2D eigenvalue weighted by molar-refractivity contribution is 6.26. The van der Waals surface area contributed by atoms with Gasteiger partial charge in [-0.15, -0.1) is 0 Å². The summed E-state index contributed by atoms with van der Waals surface area (Å²) in [5.74, 6) is 0. The van der Waals surface area contributed by atoms with Crippen LogP contribution >= 0.6 is 0 Å². The molecule has 0 saturated carbocycles. The first kappa shape index (κ1) is 49.2. The van der Waals surface area contributed by atoms with Crippen molar-refractivity contribution in [2.45, 2.75) is 78.6 Å². The van der Waals surface area contributed by atoms with Gasteiger partial charge >= 0.3 is 0 Å². The van der Waals surface area contributed by atoms with Crippen LogP contribution in [0.1, 0.15) is 79.0 Å². The minimum absolute atomic E-state index is 0.0129. The van der Waals surface area contributed by atoms with Gasteiger partial charge in [0.25, 0.3) is 0 Å². The summed E-state index contributed by atoms with van der Waals surface area (Å²) in [5, 5.41) is 9.61. The molecule has 3 aromatic heterocycles. The standard InChI is InChI=1S/C76H65N3O/c1-74(2,3)54-22-16-24-59(42-54)77(57-30-26-50(27-31-57)48-18-12-10-13-19-48)61-34-36-63-67-44-56(76(7,8)9)45-68-65-38-52-39-66-64-37-35-62(47-72(64)80-71(66)41-53(52)40-69(65)79(73(67)68)70(63)46-61)78(60-25-17-23-55(43-60)75(4,5)6)58-32-28-51(29-33-58)49-20-14-11-15-21-49/h10-47H,1-9H3. The van der Waals surface area contributed by atoms with E-state index in [1.54, 1.807) is 0 Å². The molecule has 0 spiro atoms. The Hall–Kier alpha value is -9.12. The fraction of sp³-hybridized carbons (Fsp3) is 0.158. The summed E-state index contributed by atoms with van der Waals surface area (Å²) in [6, 6.07) is 85.4. The van der Waals surface area contributed by atoms with E-state index in [9.17, 15) is 0 Å². The van der Waals surface area contributed by atoms with Crippen molar-refractivity contribution in [2.24, 2.45) is 0 Å². The third-order valence-corrected chi connectivity index (χ3v) is 16.7. The first-order valence-electron chi connectivity index (χ1n) is 28.2. The molecule has 0 N–H and O–H groups in total. The highest BCUT2D eigenvalue weighted by Gasteiger charge is 2.26. The zero-order valence-electron chi connectivity index (χ0n) is 47.2. The zero-order valence-corrected chi connectivity index (χ0v) is 47.2. The van der Waals surface area contributed by atoms with Gasteiger partial charge in [0.15, 0.2) is 0 Å². The van der Waals surface area contributed by atoms with Crippen molar-refractivity contribution in [1.82, 2.24) is 4.40 Å². The Labute approximate surface area is 469 Å². The minimum Gasteiger partial charge on any atom is -0.456 e. The van der Waals surface area contributed by atoms with Crippen LogP contribution in [0.2, 0.25) is 0 Å². The van der Waals surface area contributed by atoms with Crippen LogP contribution < -0.4 is 9.80 Å². The predicted molar refractivity (Wildman–Crippen MR) is 342 cm³/mol. The number of hydrogen-bond donors (Lipinski definition) is 0. The van der Waals surface area contributed by atoms with Crippen LogP contribution in [0.3, 0.4) is 0 Å². The largest absolute Gasteiger partial charge is 0.456 e. The third-order valence-electron chi connectivity index (χ3n) is 16.7. The number of aromatic nitrogens is 1. The van der Waals surface area contributed by atoms with Crippen LogP contribution in [0.5, 0.6) is 0 Å². The number of anilines is 6. The molecule has 0 unspecified atom stereocenters. The second-order valence-electron chi connectivity index (χ2n) is 25.2. The third kappa shape index (κ3) is 8.36. The van der Waals surface area contributed by atoms with Gasteiger partial charge in [0.2, 0.25) is 0 Å². The number of benzene rings is 11. The van der Waals surface area contributed by atoms with Crippen LogP contribution in [0.25, 0.3) is 93.1 Å². The highest BCUT2D eigenvalue weighted by atomic mass is 16.3. The van der Waals surface area contributed by atoms with E-state index in [1.165, 1.54) is 82.4 Å². The van der Waals surface area contributed by atoms with Crippen LogP contribution in [-0.2, 0) is 16.2 Å². The monoisotopic (exact) mass is 1040 g/mol. The summed E-state index contributed by atoms with van der Waals surface area (Å²) >= 11 is 0. The molecule has 0 aliphatic rings. The van der Waals surface area contributed by atoms with E-state index >= 15 is 0 Å². The summed E-state index contributed by atoms with van der Waals surface area (Å²) in [4.78, 5) is 4.79. The SMILES string of the molecule is CC(C)(C)c1cccc(N(c2ccc(-c3ccccc3)cc2)c2ccc3c(c2)oc2cc4cc5c(cc4cc23)c2cc(C(C)(C)C)cc3c4ccc(N(c6ccc(-c7ccccc7)cc6)c6cccc(C(C)(C)C)c6)cc4n5c32)c1. The van der Waals surface area contributed by atoms with Crippen LogP contribution in [-0.4, -0.2) is 4.40 Å². The lowest BCUT2D eigenvalue weighted by molar-refractivity contribution is 0.590. The zero-order chi connectivity index (χ0) is 54.8. The van der Waals surface area contributed by atoms with Gasteiger partial charge < -0.3 is 18.6 Å². The van der Waals surface area contributed by atoms with E-state index in [0.717, 1.165) is 61.4 Å². The summed E-state index contributed by atoms with van der Waals surface area (Å²) in [7, 11) is 0. The molecule has 14 rings (SSSR count). The molecule has 0 amide bonds.